The first-order chi connectivity index (χ1) is 13.0. The van der Waals surface area contributed by atoms with Gasteiger partial charge < -0.3 is 0 Å². The third-order valence-corrected chi connectivity index (χ3v) is 5.40. The highest BCUT2D eigenvalue weighted by Crippen LogP contribution is 2.20. The molecule has 0 bridgehead atoms. The molecule has 0 nitrogen and oxygen atoms in total. The van der Waals surface area contributed by atoms with Gasteiger partial charge in [0.2, 0.25) is 0 Å². The minimum absolute atomic E-state index is 0.900. The predicted molar refractivity (Wildman–Crippen MR) is 120 cm³/mol. The van der Waals surface area contributed by atoms with Gasteiger partial charge in [0.15, 0.2) is 0 Å². The summed E-state index contributed by atoms with van der Waals surface area (Å²) in [5.41, 5.74) is 7.23. The van der Waals surface area contributed by atoms with Crippen LogP contribution in [0.2, 0.25) is 0 Å². The molecule has 2 rings (SSSR count). The van der Waals surface area contributed by atoms with Crippen molar-refractivity contribution >= 4 is 5.57 Å². The molecule has 0 radical (unpaired) electrons. The maximum Gasteiger partial charge on any atom is 0.0251 e. The Hall–Kier alpha value is -2.26. The van der Waals surface area contributed by atoms with Gasteiger partial charge in [-0.25, -0.2) is 0 Å². The molecule has 27 heavy (non-hydrogen) atoms. The van der Waals surface area contributed by atoms with Gasteiger partial charge in [0.25, 0.3) is 0 Å². The molecule has 0 fully saturated rings. The molecule has 0 heterocycles. The van der Waals surface area contributed by atoms with E-state index in [-0.39, 0.29) is 0 Å². The van der Waals surface area contributed by atoms with Gasteiger partial charge >= 0.3 is 0 Å². The second-order valence-corrected chi connectivity index (χ2v) is 7.70. The van der Waals surface area contributed by atoms with E-state index in [0.717, 1.165) is 22.6 Å². The average Bonchev–Trinajstić information content (AvgIpc) is 2.67. The number of benzene rings is 2. The molecule has 0 aliphatic carbocycles. The molecule has 1 unspecified atom stereocenters. The first-order valence-electron chi connectivity index (χ1n) is 10.4. The lowest BCUT2D eigenvalue weighted by molar-refractivity contribution is 0.419. The number of rotatable bonds is 8. The summed E-state index contributed by atoms with van der Waals surface area (Å²) >= 11 is 0. The molecular weight excluding hydrogens is 324 g/mol. The van der Waals surface area contributed by atoms with Crippen LogP contribution in [0.4, 0.5) is 0 Å². The van der Waals surface area contributed by atoms with E-state index < -0.39 is 0 Å². The standard InChI is InChI=1S/C27H34/c1-6-9-23(7-2)10-8-11-27-19-16-25(20-22(27)5)13-12-24-14-17-26(18-15-24)21(3)4/h14-20,23H,3,6-11H2,1-2,4-5H3. The monoisotopic (exact) mass is 358 g/mol. The minimum Gasteiger partial charge on any atom is -0.0955 e. The fourth-order valence-corrected chi connectivity index (χ4v) is 3.58. The fraction of sp³-hybridized carbons (Fsp3) is 0.407. The minimum atomic E-state index is 0.900. The van der Waals surface area contributed by atoms with E-state index in [1.54, 1.807) is 0 Å². The highest BCUT2D eigenvalue weighted by atomic mass is 14.1. The molecule has 0 aliphatic heterocycles. The summed E-state index contributed by atoms with van der Waals surface area (Å²) in [5.74, 6) is 7.48. The van der Waals surface area contributed by atoms with Crippen molar-refractivity contribution in [3.63, 3.8) is 0 Å². The van der Waals surface area contributed by atoms with Gasteiger partial charge in [-0.1, -0.05) is 81.7 Å². The second kappa shape index (κ2) is 10.8. The Morgan fingerprint density at radius 2 is 1.63 bits per heavy atom. The van der Waals surface area contributed by atoms with Crippen LogP contribution in [0.15, 0.2) is 49.0 Å². The SMILES string of the molecule is C=C(C)c1ccc(C#Cc2ccc(CCCC(CC)CCC)c(C)c2)cc1. The van der Waals surface area contributed by atoms with Crippen LogP contribution < -0.4 is 0 Å². The van der Waals surface area contributed by atoms with Gasteiger partial charge in [0.1, 0.15) is 0 Å². The quantitative estimate of drug-likeness (QED) is 0.427. The van der Waals surface area contributed by atoms with E-state index in [1.165, 1.54) is 55.2 Å². The highest BCUT2D eigenvalue weighted by Gasteiger charge is 2.06. The maximum atomic E-state index is 3.98. The van der Waals surface area contributed by atoms with E-state index >= 15 is 0 Å². The molecule has 0 N–H and O–H groups in total. The van der Waals surface area contributed by atoms with Crippen LogP contribution in [0, 0.1) is 24.7 Å². The van der Waals surface area contributed by atoms with Gasteiger partial charge in [0.05, 0.1) is 0 Å². The van der Waals surface area contributed by atoms with Gasteiger partial charge in [-0.3, -0.25) is 0 Å². The fourth-order valence-electron chi connectivity index (χ4n) is 3.58. The summed E-state index contributed by atoms with van der Waals surface area (Å²) < 4.78 is 0. The van der Waals surface area contributed by atoms with Gasteiger partial charge in [-0.15, -0.1) is 0 Å². The highest BCUT2D eigenvalue weighted by molar-refractivity contribution is 5.62. The lowest BCUT2D eigenvalue weighted by Gasteiger charge is -2.14. The molecule has 0 spiro atoms. The second-order valence-electron chi connectivity index (χ2n) is 7.70. The number of allylic oxidation sites excluding steroid dienone is 1. The number of hydrogen-bond donors (Lipinski definition) is 0. The summed E-state index contributed by atoms with van der Waals surface area (Å²) in [7, 11) is 0. The van der Waals surface area contributed by atoms with E-state index in [1.807, 2.05) is 6.92 Å². The van der Waals surface area contributed by atoms with Crippen molar-refractivity contribution in [3.8, 4) is 11.8 Å². The Kier molecular flexibility index (Phi) is 8.41. The van der Waals surface area contributed by atoms with Crippen molar-refractivity contribution < 1.29 is 0 Å². The van der Waals surface area contributed by atoms with E-state index in [4.69, 9.17) is 0 Å². The smallest absolute Gasteiger partial charge is 0.0251 e. The predicted octanol–water partition coefficient (Wildman–Crippen LogP) is 7.58. The van der Waals surface area contributed by atoms with E-state index in [2.05, 4.69) is 81.7 Å². The van der Waals surface area contributed by atoms with Crippen LogP contribution in [0.25, 0.3) is 5.57 Å². The van der Waals surface area contributed by atoms with Crippen LogP contribution in [-0.4, -0.2) is 0 Å². The topological polar surface area (TPSA) is 0 Å². The largest absolute Gasteiger partial charge is 0.0955 e. The lowest BCUT2D eigenvalue weighted by atomic mass is 9.92. The summed E-state index contributed by atoms with van der Waals surface area (Å²) in [6.45, 7) is 12.8. The number of aryl methyl sites for hydroxylation is 2. The summed E-state index contributed by atoms with van der Waals surface area (Å²) in [4.78, 5) is 0. The van der Waals surface area contributed by atoms with Crippen LogP contribution in [-0.2, 0) is 6.42 Å². The van der Waals surface area contributed by atoms with Crippen molar-refractivity contribution in [3.05, 3.63) is 76.9 Å². The van der Waals surface area contributed by atoms with Crippen molar-refractivity contribution in [2.24, 2.45) is 5.92 Å². The lowest BCUT2D eigenvalue weighted by Crippen LogP contribution is -2.00. The molecule has 0 saturated heterocycles. The Balaban J connectivity index is 1.97. The molecule has 2 aromatic carbocycles. The zero-order chi connectivity index (χ0) is 19.6. The number of hydrogen-bond acceptors (Lipinski definition) is 0. The summed E-state index contributed by atoms with van der Waals surface area (Å²) in [6, 6.07) is 15.0. The molecule has 1 atom stereocenters. The molecule has 142 valence electrons. The van der Waals surface area contributed by atoms with E-state index in [9.17, 15) is 0 Å². The summed E-state index contributed by atoms with van der Waals surface area (Å²) in [5, 5.41) is 0. The molecule has 0 heteroatoms. The zero-order valence-corrected chi connectivity index (χ0v) is 17.6. The first-order valence-corrected chi connectivity index (χ1v) is 10.4. The molecule has 0 aliphatic rings. The normalized spacial score (nSPS) is 11.6. The van der Waals surface area contributed by atoms with Crippen LogP contribution in [0.5, 0.6) is 0 Å². The molecule has 0 saturated carbocycles. The Labute approximate surface area is 166 Å². The van der Waals surface area contributed by atoms with Crippen LogP contribution >= 0.6 is 0 Å². The van der Waals surface area contributed by atoms with Gasteiger partial charge in [0, 0.05) is 11.1 Å². The van der Waals surface area contributed by atoms with Crippen molar-refractivity contribution in [1.29, 1.82) is 0 Å². The molecule has 0 amide bonds. The third-order valence-electron chi connectivity index (χ3n) is 5.40. The van der Waals surface area contributed by atoms with Crippen LogP contribution in [0.1, 0.15) is 80.7 Å². The van der Waals surface area contributed by atoms with Crippen molar-refractivity contribution in [2.45, 2.75) is 66.2 Å². The van der Waals surface area contributed by atoms with Crippen molar-refractivity contribution in [2.75, 3.05) is 0 Å². The Bertz CT molecular complexity index is 796. The zero-order valence-electron chi connectivity index (χ0n) is 17.6. The molecular formula is C27H34. The Morgan fingerprint density at radius 1 is 0.963 bits per heavy atom. The van der Waals surface area contributed by atoms with Gasteiger partial charge in [-0.05, 0) is 73.6 Å². The molecule has 0 aromatic heterocycles. The van der Waals surface area contributed by atoms with E-state index in [0.29, 0.717) is 0 Å². The Morgan fingerprint density at radius 3 is 2.22 bits per heavy atom. The van der Waals surface area contributed by atoms with Gasteiger partial charge in [-0.2, -0.15) is 0 Å². The van der Waals surface area contributed by atoms with Crippen LogP contribution in [0.3, 0.4) is 0 Å². The van der Waals surface area contributed by atoms with Crippen molar-refractivity contribution in [1.82, 2.24) is 0 Å². The maximum absolute atomic E-state index is 3.98. The summed E-state index contributed by atoms with van der Waals surface area (Å²) in [6.07, 6.45) is 7.82. The molecule has 2 aromatic rings. The average molecular weight is 359 g/mol. The third kappa shape index (κ3) is 6.76. The first kappa shape index (κ1) is 21.0.